The molecule has 0 bridgehead atoms. The number of thiophene rings is 1. The average Bonchev–Trinajstić information content (AvgIpc) is 2.81. The normalized spacial score (nSPS) is 26.8. The molecule has 2 unspecified atom stereocenters. The van der Waals surface area contributed by atoms with Gasteiger partial charge in [-0.15, -0.1) is 11.3 Å². The number of hydrogen-bond acceptors (Lipinski definition) is 2. The molecule has 0 aromatic carbocycles. The predicted molar refractivity (Wildman–Crippen MR) is 81.1 cm³/mol. The van der Waals surface area contributed by atoms with Gasteiger partial charge in [-0.05, 0) is 43.6 Å². The predicted octanol–water partition coefficient (Wildman–Crippen LogP) is 5.15. The van der Waals surface area contributed by atoms with Crippen molar-refractivity contribution in [2.75, 3.05) is 0 Å². The van der Waals surface area contributed by atoms with Crippen molar-refractivity contribution in [1.82, 2.24) is 5.32 Å². The Bertz CT molecular complexity index is 320. The lowest BCUT2D eigenvalue weighted by Gasteiger charge is -2.21. The molecular formula is C16H27NS. The minimum atomic E-state index is 0.526. The molecule has 0 aliphatic heterocycles. The van der Waals surface area contributed by atoms with Gasteiger partial charge in [-0.2, -0.15) is 0 Å². The van der Waals surface area contributed by atoms with E-state index in [9.17, 15) is 0 Å². The third kappa shape index (κ3) is 4.10. The van der Waals surface area contributed by atoms with E-state index in [-0.39, 0.29) is 0 Å². The molecule has 102 valence electrons. The van der Waals surface area contributed by atoms with Gasteiger partial charge in [0.05, 0.1) is 0 Å². The second kappa shape index (κ2) is 7.30. The van der Waals surface area contributed by atoms with Crippen molar-refractivity contribution < 1.29 is 0 Å². The van der Waals surface area contributed by atoms with Crippen LogP contribution in [0.25, 0.3) is 0 Å². The standard InChI is InChI=1S/C16H27NS/c1-3-6-14-7-4-8-15(11-10-14)17-13(2)16-9-5-12-18-16/h5,9,12-15,17H,3-4,6-8,10-11H2,1-2H3/t13-,14?,15?/m1/s1. The first-order valence-electron chi connectivity index (χ1n) is 7.59. The van der Waals surface area contributed by atoms with Crippen molar-refractivity contribution in [3.63, 3.8) is 0 Å². The van der Waals surface area contributed by atoms with E-state index < -0.39 is 0 Å². The summed E-state index contributed by atoms with van der Waals surface area (Å²) in [5.74, 6) is 0.999. The zero-order chi connectivity index (χ0) is 12.8. The van der Waals surface area contributed by atoms with Crippen LogP contribution >= 0.6 is 11.3 Å². The summed E-state index contributed by atoms with van der Waals surface area (Å²) < 4.78 is 0. The van der Waals surface area contributed by atoms with Gasteiger partial charge in [0.15, 0.2) is 0 Å². The quantitative estimate of drug-likeness (QED) is 0.726. The first-order valence-corrected chi connectivity index (χ1v) is 8.47. The number of rotatable bonds is 5. The maximum atomic E-state index is 3.83. The van der Waals surface area contributed by atoms with Crippen molar-refractivity contribution in [2.24, 2.45) is 5.92 Å². The van der Waals surface area contributed by atoms with Crippen LogP contribution in [0.4, 0.5) is 0 Å². The third-order valence-electron chi connectivity index (χ3n) is 4.24. The summed E-state index contributed by atoms with van der Waals surface area (Å²) in [4.78, 5) is 1.48. The Labute approximate surface area is 116 Å². The summed E-state index contributed by atoms with van der Waals surface area (Å²) in [7, 11) is 0. The maximum absolute atomic E-state index is 3.83. The highest BCUT2D eigenvalue weighted by molar-refractivity contribution is 7.10. The molecule has 1 saturated carbocycles. The van der Waals surface area contributed by atoms with E-state index in [0.717, 1.165) is 12.0 Å². The summed E-state index contributed by atoms with van der Waals surface area (Å²) in [6, 6.07) is 5.67. The summed E-state index contributed by atoms with van der Waals surface area (Å²) in [5, 5.41) is 6.01. The SMILES string of the molecule is CCCC1CCCC(N[C@H](C)c2cccs2)CC1. The van der Waals surface area contributed by atoms with E-state index in [1.165, 1.54) is 49.8 Å². The maximum Gasteiger partial charge on any atom is 0.0388 e. The molecule has 1 aromatic heterocycles. The highest BCUT2D eigenvalue weighted by atomic mass is 32.1. The zero-order valence-corrected chi connectivity index (χ0v) is 12.6. The van der Waals surface area contributed by atoms with Crippen molar-refractivity contribution in [3.8, 4) is 0 Å². The molecule has 0 amide bonds. The summed E-state index contributed by atoms with van der Waals surface area (Å²) in [5.41, 5.74) is 0. The van der Waals surface area contributed by atoms with Gasteiger partial charge in [-0.1, -0.05) is 38.7 Å². The second-order valence-corrected chi connectivity index (χ2v) is 6.74. The third-order valence-corrected chi connectivity index (χ3v) is 5.30. The van der Waals surface area contributed by atoms with Crippen molar-refractivity contribution >= 4 is 11.3 Å². The van der Waals surface area contributed by atoms with Crippen LogP contribution in [0.1, 0.15) is 69.7 Å². The molecule has 1 aromatic rings. The van der Waals surface area contributed by atoms with E-state index >= 15 is 0 Å². The molecule has 0 spiro atoms. The first-order chi connectivity index (χ1) is 8.79. The lowest BCUT2D eigenvalue weighted by molar-refractivity contribution is 0.394. The summed E-state index contributed by atoms with van der Waals surface area (Å²) in [6.45, 7) is 4.62. The molecule has 3 atom stereocenters. The highest BCUT2D eigenvalue weighted by Crippen LogP contribution is 2.28. The molecule has 2 rings (SSSR count). The van der Waals surface area contributed by atoms with Gasteiger partial charge in [-0.3, -0.25) is 0 Å². The van der Waals surface area contributed by atoms with Crippen LogP contribution in [0.3, 0.4) is 0 Å². The molecule has 0 radical (unpaired) electrons. The average molecular weight is 265 g/mol. The fraction of sp³-hybridized carbons (Fsp3) is 0.750. The van der Waals surface area contributed by atoms with Crippen LogP contribution in [-0.4, -0.2) is 6.04 Å². The summed E-state index contributed by atoms with van der Waals surface area (Å²) >= 11 is 1.87. The Kier molecular flexibility index (Phi) is 5.71. The Morgan fingerprint density at radius 2 is 2.22 bits per heavy atom. The van der Waals surface area contributed by atoms with Gasteiger partial charge in [0, 0.05) is 17.0 Å². The van der Waals surface area contributed by atoms with Crippen LogP contribution in [0.5, 0.6) is 0 Å². The molecular weight excluding hydrogens is 238 g/mol. The van der Waals surface area contributed by atoms with Crippen molar-refractivity contribution in [3.05, 3.63) is 22.4 Å². The van der Waals surface area contributed by atoms with Crippen LogP contribution < -0.4 is 5.32 Å². The van der Waals surface area contributed by atoms with E-state index in [2.05, 4.69) is 36.7 Å². The monoisotopic (exact) mass is 265 g/mol. The Morgan fingerprint density at radius 3 is 2.94 bits per heavy atom. The topological polar surface area (TPSA) is 12.0 Å². The Morgan fingerprint density at radius 1 is 1.33 bits per heavy atom. The molecule has 2 heteroatoms. The largest absolute Gasteiger partial charge is 0.307 e. The minimum absolute atomic E-state index is 0.526. The van der Waals surface area contributed by atoms with Gasteiger partial charge >= 0.3 is 0 Å². The van der Waals surface area contributed by atoms with Crippen LogP contribution in [-0.2, 0) is 0 Å². The molecule has 1 aliphatic carbocycles. The van der Waals surface area contributed by atoms with E-state index in [1.807, 2.05) is 11.3 Å². The van der Waals surface area contributed by atoms with Crippen LogP contribution in [0.15, 0.2) is 17.5 Å². The van der Waals surface area contributed by atoms with Gasteiger partial charge < -0.3 is 5.32 Å². The number of hydrogen-bond donors (Lipinski definition) is 1. The molecule has 1 heterocycles. The fourth-order valence-corrected chi connectivity index (χ4v) is 3.96. The van der Waals surface area contributed by atoms with Gasteiger partial charge in [0.2, 0.25) is 0 Å². The molecule has 1 nitrogen and oxygen atoms in total. The van der Waals surface area contributed by atoms with Crippen LogP contribution in [0.2, 0.25) is 0 Å². The van der Waals surface area contributed by atoms with E-state index in [1.54, 1.807) is 0 Å². The van der Waals surface area contributed by atoms with Crippen LogP contribution in [0, 0.1) is 5.92 Å². The first kappa shape index (κ1) is 14.1. The van der Waals surface area contributed by atoms with Crippen molar-refractivity contribution in [1.29, 1.82) is 0 Å². The summed E-state index contributed by atoms with van der Waals surface area (Å²) in [6.07, 6.45) is 9.85. The Hall–Kier alpha value is -0.340. The fourth-order valence-electron chi connectivity index (χ4n) is 3.22. The number of nitrogens with one attached hydrogen (secondary N) is 1. The van der Waals surface area contributed by atoms with Gasteiger partial charge in [0.1, 0.15) is 0 Å². The Balaban J connectivity index is 1.79. The van der Waals surface area contributed by atoms with Gasteiger partial charge in [-0.25, -0.2) is 0 Å². The zero-order valence-electron chi connectivity index (χ0n) is 11.8. The highest BCUT2D eigenvalue weighted by Gasteiger charge is 2.20. The van der Waals surface area contributed by atoms with E-state index in [0.29, 0.717) is 6.04 Å². The molecule has 1 fully saturated rings. The molecule has 0 saturated heterocycles. The second-order valence-electron chi connectivity index (χ2n) is 5.76. The van der Waals surface area contributed by atoms with E-state index in [4.69, 9.17) is 0 Å². The van der Waals surface area contributed by atoms with Crippen molar-refractivity contribution in [2.45, 2.75) is 70.9 Å². The minimum Gasteiger partial charge on any atom is -0.307 e. The molecule has 1 aliphatic rings. The molecule has 18 heavy (non-hydrogen) atoms. The van der Waals surface area contributed by atoms with Gasteiger partial charge in [0.25, 0.3) is 0 Å². The lowest BCUT2D eigenvalue weighted by Crippen LogP contribution is -2.30. The lowest BCUT2D eigenvalue weighted by atomic mass is 9.95. The smallest absolute Gasteiger partial charge is 0.0388 e. The molecule has 1 N–H and O–H groups in total.